The number of carbonyl (C=O) groups excluding carboxylic acids is 1. The Morgan fingerprint density at radius 3 is 2.75 bits per heavy atom. The molecule has 2 aromatic heterocycles. The first kappa shape index (κ1) is 15.1. The van der Waals surface area contributed by atoms with Gasteiger partial charge in [0.2, 0.25) is 0 Å². The highest BCUT2D eigenvalue weighted by atomic mass is 32.1. The lowest BCUT2D eigenvalue weighted by Crippen LogP contribution is -2.45. The molecule has 0 saturated heterocycles. The monoisotopic (exact) mass is 337 g/mol. The van der Waals surface area contributed by atoms with Gasteiger partial charge < -0.3 is 10.2 Å². The van der Waals surface area contributed by atoms with Crippen LogP contribution in [0.1, 0.15) is 33.4 Å². The lowest BCUT2D eigenvalue weighted by molar-refractivity contribution is 0.0689. The first-order valence-electron chi connectivity index (χ1n) is 8.07. The van der Waals surface area contributed by atoms with Gasteiger partial charge in [0.25, 0.3) is 5.91 Å². The van der Waals surface area contributed by atoms with E-state index >= 15 is 0 Å². The molecule has 1 N–H and O–H groups in total. The summed E-state index contributed by atoms with van der Waals surface area (Å²) in [6.45, 7) is 6.71. The number of nitrogens with one attached hydrogen (secondary N) is 1. The van der Waals surface area contributed by atoms with E-state index in [1.807, 2.05) is 36.9 Å². The molecule has 0 fully saturated rings. The van der Waals surface area contributed by atoms with Crippen molar-refractivity contribution in [1.82, 2.24) is 9.88 Å². The SMILES string of the molecule is Cc1cc(C)c2c3c(sc2n1)C(=O)N(Cc1ccccc1)[C@H](C)N3. The molecular weight excluding hydrogens is 318 g/mol. The van der Waals surface area contributed by atoms with Crippen LogP contribution < -0.4 is 5.32 Å². The number of hydrogen-bond acceptors (Lipinski definition) is 4. The number of thiophene rings is 1. The van der Waals surface area contributed by atoms with E-state index < -0.39 is 0 Å². The second-order valence-electron chi connectivity index (χ2n) is 6.31. The summed E-state index contributed by atoms with van der Waals surface area (Å²) < 4.78 is 0. The van der Waals surface area contributed by atoms with Gasteiger partial charge in [0, 0.05) is 17.6 Å². The molecule has 0 aliphatic carbocycles. The van der Waals surface area contributed by atoms with Crippen LogP contribution in [0, 0.1) is 13.8 Å². The third-order valence-electron chi connectivity index (χ3n) is 4.46. The topological polar surface area (TPSA) is 45.2 Å². The van der Waals surface area contributed by atoms with E-state index in [0.717, 1.165) is 32.0 Å². The molecule has 1 aliphatic rings. The quantitative estimate of drug-likeness (QED) is 0.757. The van der Waals surface area contributed by atoms with Crippen molar-refractivity contribution in [2.75, 3.05) is 5.32 Å². The Morgan fingerprint density at radius 2 is 2.00 bits per heavy atom. The van der Waals surface area contributed by atoms with E-state index in [2.05, 4.69) is 35.4 Å². The van der Waals surface area contributed by atoms with Crippen LogP contribution in [0.5, 0.6) is 0 Å². The normalized spacial score (nSPS) is 17.0. The number of rotatable bonds is 2. The molecule has 122 valence electrons. The van der Waals surface area contributed by atoms with Crippen LogP contribution in [-0.4, -0.2) is 22.0 Å². The predicted molar refractivity (Wildman–Crippen MR) is 98.5 cm³/mol. The minimum absolute atomic E-state index is 0.0521. The predicted octanol–water partition coefficient (Wildman–Crippen LogP) is 4.33. The Balaban J connectivity index is 1.78. The Bertz CT molecular complexity index is 933. The number of amides is 1. The van der Waals surface area contributed by atoms with Crippen molar-refractivity contribution < 1.29 is 4.79 Å². The molecule has 24 heavy (non-hydrogen) atoms. The number of carbonyl (C=O) groups is 1. The maximum absolute atomic E-state index is 13.1. The Labute approximate surface area is 145 Å². The van der Waals surface area contributed by atoms with E-state index in [0.29, 0.717) is 6.54 Å². The van der Waals surface area contributed by atoms with Crippen LogP contribution >= 0.6 is 11.3 Å². The second-order valence-corrected chi connectivity index (χ2v) is 7.30. The maximum Gasteiger partial charge on any atom is 0.268 e. The standard InChI is InChI=1S/C19H19N3OS/c1-11-9-12(2)20-18-15(11)16-17(24-18)19(23)22(13(3)21-16)10-14-7-5-4-6-8-14/h4-9,13,21H,10H2,1-3H3/t13-/m1/s1. The van der Waals surface area contributed by atoms with Crippen LogP contribution in [0.2, 0.25) is 0 Å². The smallest absolute Gasteiger partial charge is 0.268 e. The summed E-state index contributed by atoms with van der Waals surface area (Å²) in [7, 11) is 0. The van der Waals surface area contributed by atoms with E-state index in [1.54, 1.807) is 0 Å². The van der Waals surface area contributed by atoms with Gasteiger partial charge in [-0.25, -0.2) is 4.98 Å². The van der Waals surface area contributed by atoms with Gasteiger partial charge in [-0.05, 0) is 38.0 Å². The molecule has 0 spiro atoms. The molecule has 0 radical (unpaired) electrons. The number of pyridine rings is 1. The first-order valence-corrected chi connectivity index (χ1v) is 8.88. The zero-order valence-electron chi connectivity index (χ0n) is 14.0. The average molecular weight is 337 g/mol. The molecule has 1 amide bonds. The first-order chi connectivity index (χ1) is 11.5. The number of aromatic nitrogens is 1. The van der Waals surface area contributed by atoms with Crippen molar-refractivity contribution in [3.63, 3.8) is 0 Å². The van der Waals surface area contributed by atoms with Crippen molar-refractivity contribution in [3.05, 3.63) is 58.1 Å². The van der Waals surface area contributed by atoms with Crippen LogP contribution in [0.15, 0.2) is 36.4 Å². The van der Waals surface area contributed by atoms with Crippen LogP contribution in [0.25, 0.3) is 10.2 Å². The summed E-state index contributed by atoms with van der Waals surface area (Å²) in [5.74, 6) is 0.0835. The van der Waals surface area contributed by atoms with Gasteiger partial charge >= 0.3 is 0 Å². The van der Waals surface area contributed by atoms with E-state index in [-0.39, 0.29) is 12.1 Å². The number of hydrogen-bond donors (Lipinski definition) is 1. The molecule has 5 heteroatoms. The zero-order chi connectivity index (χ0) is 16.8. The molecule has 1 aromatic carbocycles. The van der Waals surface area contributed by atoms with E-state index in [4.69, 9.17) is 0 Å². The average Bonchev–Trinajstić information content (AvgIpc) is 2.91. The zero-order valence-corrected chi connectivity index (χ0v) is 14.8. The van der Waals surface area contributed by atoms with Crippen LogP contribution in [-0.2, 0) is 6.54 Å². The highest BCUT2D eigenvalue weighted by Crippen LogP contribution is 2.41. The third-order valence-corrected chi connectivity index (χ3v) is 5.53. The summed E-state index contributed by atoms with van der Waals surface area (Å²) in [6, 6.07) is 12.2. The number of aryl methyl sites for hydroxylation is 2. The highest BCUT2D eigenvalue weighted by Gasteiger charge is 2.33. The van der Waals surface area contributed by atoms with Gasteiger partial charge in [-0.1, -0.05) is 30.3 Å². The lowest BCUT2D eigenvalue weighted by Gasteiger charge is -2.34. The van der Waals surface area contributed by atoms with Crippen LogP contribution in [0.4, 0.5) is 5.69 Å². The molecule has 1 atom stereocenters. The Kier molecular flexibility index (Phi) is 3.53. The third kappa shape index (κ3) is 2.36. The lowest BCUT2D eigenvalue weighted by atomic mass is 10.1. The minimum atomic E-state index is -0.0521. The van der Waals surface area contributed by atoms with Gasteiger partial charge in [0.1, 0.15) is 9.71 Å². The number of benzene rings is 1. The molecule has 3 heterocycles. The minimum Gasteiger partial charge on any atom is -0.363 e. The highest BCUT2D eigenvalue weighted by molar-refractivity contribution is 7.21. The molecule has 1 aliphatic heterocycles. The fraction of sp³-hybridized carbons (Fsp3) is 0.263. The summed E-state index contributed by atoms with van der Waals surface area (Å²) in [5.41, 5.74) is 4.23. The van der Waals surface area contributed by atoms with Crippen molar-refractivity contribution >= 4 is 33.1 Å². The van der Waals surface area contributed by atoms with Gasteiger partial charge in [-0.3, -0.25) is 4.79 Å². The molecular formula is C19H19N3OS. The molecule has 4 rings (SSSR count). The summed E-state index contributed by atoms with van der Waals surface area (Å²) >= 11 is 1.49. The largest absolute Gasteiger partial charge is 0.363 e. The van der Waals surface area contributed by atoms with Gasteiger partial charge in [0.05, 0.1) is 11.9 Å². The molecule has 3 aromatic rings. The van der Waals surface area contributed by atoms with Crippen molar-refractivity contribution in [2.24, 2.45) is 0 Å². The van der Waals surface area contributed by atoms with Crippen molar-refractivity contribution in [1.29, 1.82) is 0 Å². The van der Waals surface area contributed by atoms with Crippen molar-refractivity contribution in [2.45, 2.75) is 33.5 Å². The molecule has 4 nitrogen and oxygen atoms in total. The van der Waals surface area contributed by atoms with E-state index in [1.165, 1.54) is 16.9 Å². The number of nitrogens with zero attached hydrogens (tertiary/aromatic N) is 2. The maximum atomic E-state index is 13.1. The molecule has 0 unspecified atom stereocenters. The van der Waals surface area contributed by atoms with E-state index in [9.17, 15) is 4.79 Å². The molecule has 0 saturated carbocycles. The van der Waals surface area contributed by atoms with Gasteiger partial charge in [0.15, 0.2) is 0 Å². The van der Waals surface area contributed by atoms with Gasteiger partial charge in [-0.2, -0.15) is 0 Å². The number of anilines is 1. The fourth-order valence-electron chi connectivity index (χ4n) is 3.31. The Morgan fingerprint density at radius 1 is 1.25 bits per heavy atom. The van der Waals surface area contributed by atoms with Gasteiger partial charge in [-0.15, -0.1) is 11.3 Å². The summed E-state index contributed by atoms with van der Waals surface area (Å²) in [4.78, 5) is 21.3. The fourth-order valence-corrected chi connectivity index (χ4v) is 4.53. The summed E-state index contributed by atoms with van der Waals surface area (Å²) in [6.07, 6.45) is -0.0521. The molecule has 0 bridgehead atoms. The van der Waals surface area contributed by atoms with Crippen LogP contribution in [0.3, 0.4) is 0 Å². The van der Waals surface area contributed by atoms with Crippen molar-refractivity contribution in [3.8, 4) is 0 Å². The Hall–Kier alpha value is -2.40. The summed E-state index contributed by atoms with van der Waals surface area (Å²) in [5, 5.41) is 4.60. The second kappa shape index (κ2) is 5.60. The number of fused-ring (bicyclic) bond motifs is 3.